The molecule has 1 aliphatic heterocycles. The number of benzene rings is 1. The highest BCUT2D eigenvalue weighted by molar-refractivity contribution is 5.14. The molecule has 0 spiro atoms. The van der Waals surface area contributed by atoms with Gasteiger partial charge < -0.3 is 10.4 Å². The Morgan fingerprint density at radius 2 is 1.94 bits per heavy atom. The largest absolute Gasteiger partial charge is 0.390 e. The van der Waals surface area contributed by atoms with Crippen molar-refractivity contribution in [3.8, 4) is 0 Å². The Labute approximate surface area is 111 Å². The molecule has 102 valence electrons. The molecule has 1 atom stereocenters. The Balaban J connectivity index is 0.000000492. The van der Waals surface area contributed by atoms with Gasteiger partial charge in [-0.15, -0.1) is 0 Å². The lowest BCUT2D eigenvalue weighted by Gasteiger charge is -2.21. The Morgan fingerprint density at radius 3 is 2.61 bits per heavy atom. The molecule has 0 saturated carbocycles. The molecule has 1 saturated heterocycles. The molecule has 0 aromatic heterocycles. The minimum Gasteiger partial charge on any atom is -0.390 e. The van der Waals surface area contributed by atoms with Gasteiger partial charge >= 0.3 is 0 Å². The summed E-state index contributed by atoms with van der Waals surface area (Å²) in [5.41, 5.74) is 1.31. The second kappa shape index (κ2) is 9.09. The first-order valence-electron chi connectivity index (χ1n) is 6.91. The van der Waals surface area contributed by atoms with Crippen LogP contribution in [-0.4, -0.2) is 42.3 Å². The summed E-state index contributed by atoms with van der Waals surface area (Å²) in [6, 6.07) is 10.4. The summed E-state index contributed by atoms with van der Waals surface area (Å²) in [6.45, 7) is 8.63. The van der Waals surface area contributed by atoms with Crippen molar-refractivity contribution in [3.05, 3.63) is 35.9 Å². The highest BCUT2D eigenvalue weighted by Gasteiger charge is 2.15. The fourth-order valence-electron chi connectivity index (χ4n) is 1.94. The fourth-order valence-corrected chi connectivity index (χ4v) is 1.94. The predicted molar refractivity (Wildman–Crippen MR) is 76.6 cm³/mol. The minimum atomic E-state index is -0.240. The standard InChI is InChI=1S/C12H18N2O.C3H8/c15-12-8-13-6-7-14(10-12)9-11-4-2-1-3-5-11;1-3-2/h1-5,12-13,15H,6-10H2;3H2,1-2H3. The average molecular weight is 250 g/mol. The Bertz CT molecular complexity index is 303. The summed E-state index contributed by atoms with van der Waals surface area (Å²) in [7, 11) is 0. The molecule has 1 aromatic carbocycles. The molecule has 0 bridgehead atoms. The second-order valence-corrected chi connectivity index (χ2v) is 4.79. The highest BCUT2D eigenvalue weighted by atomic mass is 16.3. The number of β-amino-alcohol motifs (C(OH)–C–C–N with tert-alkyl or cyclic N) is 1. The van der Waals surface area contributed by atoms with Crippen molar-refractivity contribution in [2.24, 2.45) is 0 Å². The lowest BCUT2D eigenvalue weighted by atomic mass is 10.2. The van der Waals surface area contributed by atoms with Crippen molar-refractivity contribution in [1.29, 1.82) is 0 Å². The van der Waals surface area contributed by atoms with E-state index in [4.69, 9.17) is 0 Å². The normalized spacial score (nSPS) is 20.7. The monoisotopic (exact) mass is 250 g/mol. The van der Waals surface area contributed by atoms with Gasteiger partial charge in [0.2, 0.25) is 0 Å². The Morgan fingerprint density at radius 1 is 1.28 bits per heavy atom. The number of hydrogen-bond donors (Lipinski definition) is 2. The van der Waals surface area contributed by atoms with Crippen LogP contribution < -0.4 is 5.32 Å². The molecule has 1 aliphatic rings. The van der Waals surface area contributed by atoms with Gasteiger partial charge in [0.1, 0.15) is 0 Å². The molecular formula is C15H26N2O. The van der Waals surface area contributed by atoms with Crippen LogP contribution in [0.15, 0.2) is 30.3 Å². The summed E-state index contributed by atoms with van der Waals surface area (Å²) in [4.78, 5) is 2.29. The lowest BCUT2D eigenvalue weighted by Crippen LogP contribution is -2.32. The Kier molecular flexibility index (Phi) is 7.65. The molecule has 0 amide bonds. The molecule has 3 nitrogen and oxygen atoms in total. The van der Waals surface area contributed by atoms with Crippen LogP contribution in [0.5, 0.6) is 0 Å². The number of nitrogens with zero attached hydrogens (tertiary/aromatic N) is 1. The SMILES string of the molecule is CCC.OC1CNCCN(Cc2ccccc2)C1. The van der Waals surface area contributed by atoms with Crippen LogP contribution in [0.3, 0.4) is 0 Å². The number of hydrogen-bond acceptors (Lipinski definition) is 3. The molecule has 3 heteroatoms. The van der Waals surface area contributed by atoms with Crippen LogP contribution in [-0.2, 0) is 6.54 Å². The zero-order chi connectivity index (χ0) is 13.2. The molecule has 1 fully saturated rings. The van der Waals surface area contributed by atoms with Crippen molar-refractivity contribution in [2.45, 2.75) is 32.9 Å². The van der Waals surface area contributed by atoms with Crippen molar-refractivity contribution in [2.75, 3.05) is 26.2 Å². The number of rotatable bonds is 2. The maximum absolute atomic E-state index is 9.63. The first-order valence-corrected chi connectivity index (χ1v) is 6.91. The molecule has 0 aliphatic carbocycles. The summed E-state index contributed by atoms with van der Waals surface area (Å²) >= 11 is 0. The quantitative estimate of drug-likeness (QED) is 0.841. The number of nitrogens with one attached hydrogen (secondary N) is 1. The van der Waals surface area contributed by atoms with Crippen molar-refractivity contribution in [1.82, 2.24) is 10.2 Å². The van der Waals surface area contributed by atoms with Crippen LogP contribution in [0.1, 0.15) is 25.8 Å². The summed E-state index contributed by atoms with van der Waals surface area (Å²) in [5.74, 6) is 0. The average Bonchev–Trinajstić information content (AvgIpc) is 2.56. The van der Waals surface area contributed by atoms with E-state index in [-0.39, 0.29) is 6.10 Å². The zero-order valence-electron chi connectivity index (χ0n) is 11.6. The molecule has 1 aromatic rings. The van der Waals surface area contributed by atoms with Crippen LogP contribution in [0.4, 0.5) is 0 Å². The zero-order valence-corrected chi connectivity index (χ0v) is 11.6. The third kappa shape index (κ3) is 6.15. The van der Waals surface area contributed by atoms with Crippen LogP contribution >= 0.6 is 0 Å². The molecule has 0 radical (unpaired) electrons. The van der Waals surface area contributed by atoms with Gasteiger partial charge in [0.25, 0.3) is 0 Å². The topological polar surface area (TPSA) is 35.5 Å². The summed E-state index contributed by atoms with van der Waals surface area (Å²) in [5, 5.41) is 12.9. The maximum Gasteiger partial charge on any atom is 0.0791 e. The molecule has 18 heavy (non-hydrogen) atoms. The number of aliphatic hydroxyl groups excluding tert-OH is 1. The van der Waals surface area contributed by atoms with Gasteiger partial charge in [-0.05, 0) is 5.56 Å². The summed E-state index contributed by atoms with van der Waals surface area (Å²) in [6.07, 6.45) is 1.01. The number of aliphatic hydroxyl groups is 1. The van der Waals surface area contributed by atoms with E-state index >= 15 is 0 Å². The van der Waals surface area contributed by atoms with Gasteiger partial charge in [0.15, 0.2) is 0 Å². The van der Waals surface area contributed by atoms with Gasteiger partial charge in [-0.3, -0.25) is 4.90 Å². The first-order chi connectivity index (χ1) is 8.76. The van der Waals surface area contributed by atoms with Crippen LogP contribution in [0.2, 0.25) is 0 Å². The molecule has 2 rings (SSSR count). The van der Waals surface area contributed by atoms with Gasteiger partial charge in [-0.25, -0.2) is 0 Å². The van der Waals surface area contributed by atoms with Gasteiger partial charge in [-0.2, -0.15) is 0 Å². The van der Waals surface area contributed by atoms with Crippen molar-refractivity contribution < 1.29 is 5.11 Å². The Hall–Kier alpha value is -0.900. The van der Waals surface area contributed by atoms with E-state index in [9.17, 15) is 5.11 Å². The molecular weight excluding hydrogens is 224 g/mol. The van der Waals surface area contributed by atoms with Crippen molar-refractivity contribution in [3.63, 3.8) is 0 Å². The van der Waals surface area contributed by atoms with E-state index in [1.54, 1.807) is 0 Å². The lowest BCUT2D eigenvalue weighted by molar-refractivity contribution is 0.127. The fraction of sp³-hybridized carbons (Fsp3) is 0.600. The third-order valence-corrected chi connectivity index (χ3v) is 2.70. The van der Waals surface area contributed by atoms with Gasteiger partial charge in [0, 0.05) is 32.7 Å². The van der Waals surface area contributed by atoms with E-state index in [1.165, 1.54) is 12.0 Å². The molecule has 1 unspecified atom stereocenters. The van der Waals surface area contributed by atoms with Crippen LogP contribution in [0, 0.1) is 0 Å². The smallest absolute Gasteiger partial charge is 0.0791 e. The third-order valence-electron chi connectivity index (χ3n) is 2.70. The summed E-state index contributed by atoms with van der Waals surface area (Å²) < 4.78 is 0. The molecule has 1 heterocycles. The highest BCUT2D eigenvalue weighted by Crippen LogP contribution is 2.05. The van der Waals surface area contributed by atoms with Crippen molar-refractivity contribution >= 4 is 0 Å². The van der Waals surface area contributed by atoms with E-state index in [1.807, 2.05) is 6.07 Å². The maximum atomic E-state index is 9.63. The van der Waals surface area contributed by atoms with Gasteiger partial charge in [-0.1, -0.05) is 50.6 Å². The predicted octanol–water partition coefficient (Wildman–Crippen LogP) is 1.87. The van der Waals surface area contributed by atoms with E-state index in [0.717, 1.165) is 26.2 Å². The minimum absolute atomic E-state index is 0.240. The second-order valence-electron chi connectivity index (χ2n) is 4.79. The van der Waals surface area contributed by atoms with Gasteiger partial charge in [0.05, 0.1) is 6.10 Å². The van der Waals surface area contributed by atoms with E-state index in [2.05, 4.69) is 48.3 Å². The first kappa shape index (κ1) is 15.2. The molecule has 2 N–H and O–H groups in total. The van der Waals surface area contributed by atoms with E-state index in [0.29, 0.717) is 6.54 Å². The van der Waals surface area contributed by atoms with E-state index < -0.39 is 0 Å². The van der Waals surface area contributed by atoms with Crippen LogP contribution in [0.25, 0.3) is 0 Å².